The smallest absolute Gasteiger partial charge is 0.128 e. The maximum absolute atomic E-state index is 5.11. The molecule has 0 bridgehead atoms. The van der Waals surface area contributed by atoms with Crippen molar-refractivity contribution in [1.82, 2.24) is 10.3 Å². The Labute approximate surface area is 104 Å². The standard InChI is InChI=1S/C13H23N3O/c1-4-14-11-12-6-7-15-13(10-12)16(5-2)8-9-17-3/h6-7,10,14H,4-5,8-9,11H2,1-3H3. The second-order valence-corrected chi connectivity index (χ2v) is 3.88. The van der Waals surface area contributed by atoms with E-state index in [1.165, 1.54) is 5.56 Å². The molecule has 4 heteroatoms. The van der Waals surface area contributed by atoms with Crippen LogP contribution in [0.5, 0.6) is 0 Å². The number of methoxy groups -OCH3 is 1. The van der Waals surface area contributed by atoms with E-state index in [9.17, 15) is 0 Å². The number of pyridine rings is 1. The first kappa shape index (κ1) is 13.9. The Bertz CT molecular complexity index is 317. The molecule has 96 valence electrons. The summed E-state index contributed by atoms with van der Waals surface area (Å²) in [4.78, 5) is 6.64. The molecule has 1 aromatic rings. The van der Waals surface area contributed by atoms with E-state index in [0.29, 0.717) is 0 Å². The maximum Gasteiger partial charge on any atom is 0.128 e. The molecular formula is C13H23N3O. The highest BCUT2D eigenvalue weighted by atomic mass is 16.5. The largest absolute Gasteiger partial charge is 0.383 e. The lowest BCUT2D eigenvalue weighted by atomic mass is 10.2. The van der Waals surface area contributed by atoms with Crippen molar-refractivity contribution >= 4 is 5.82 Å². The minimum absolute atomic E-state index is 0.729. The SMILES string of the molecule is CCNCc1ccnc(N(CC)CCOC)c1. The minimum Gasteiger partial charge on any atom is -0.383 e. The molecule has 0 fully saturated rings. The molecule has 0 aliphatic carbocycles. The summed E-state index contributed by atoms with van der Waals surface area (Å²) in [5.74, 6) is 1.03. The third kappa shape index (κ3) is 4.71. The summed E-state index contributed by atoms with van der Waals surface area (Å²) in [7, 11) is 1.73. The van der Waals surface area contributed by atoms with Crippen molar-refractivity contribution in [3.8, 4) is 0 Å². The van der Waals surface area contributed by atoms with Gasteiger partial charge in [0.2, 0.25) is 0 Å². The van der Waals surface area contributed by atoms with Crippen LogP contribution in [0.1, 0.15) is 19.4 Å². The van der Waals surface area contributed by atoms with Crippen molar-refractivity contribution < 1.29 is 4.74 Å². The number of anilines is 1. The van der Waals surface area contributed by atoms with E-state index >= 15 is 0 Å². The van der Waals surface area contributed by atoms with Gasteiger partial charge in [-0.05, 0) is 31.2 Å². The fraction of sp³-hybridized carbons (Fsp3) is 0.615. The molecule has 1 heterocycles. The van der Waals surface area contributed by atoms with Crippen LogP contribution in [0.25, 0.3) is 0 Å². The van der Waals surface area contributed by atoms with Crippen LogP contribution in [-0.2, 0) is 11.3 Å². The molecule has 0 saturated heterocycles. The molecule has 0 aliphatic rings. The normalized spacial score (nSPS) is 10.5. The predicted molar refractivity (Wildman–Crippen MR) is 71.4 cm³/mol. The number of nitrogens with one attached hydrogen (secondary N) is 1. The van der Waals surface area contributed by atoms with Gasteiger partial charge in [0.15, 0.2) is 0 Å². The highest BCUT2D eigenvalue weighted by Gasteiger charge is 2.05. The van der Waals surface area contributed by atoms with Crippen LogP contribution in [0.15, 0.2) is 18.3 Å². The van der Waals surface area contributed by atoms with Gasteiger partial charge in [0.1, 0.15) is 5.82 Å². The topological polar surface area (TPSA) is 37.4 Å². The second kappa shape index (κ2) is 8.03. The third-order valence-electron chi connectivity index (χ3n) is 2.66. The number of hydrogen-bond donors (Lipinski definition) is 1. The molecule has 0 spiro atoms. The van der Waals surface area contributed by atoms with Gasteiger partial charge >= 0.3 is 0 Å². The quantitative estimate of drug-likeness (QED) is 0.746. The van der Waals surface area contributed by atoms with Crippen LogP contribution >= 0.6 is 0 Å². The Hall–Kier alpha value is -1.13. The van der Waals surface area contributed by atoms with Gasteiger partial charge in [0, 0.05) is 32.9 Å². The van der Waals surface area contributed by atoms with E-state index in [1.807, 2.05) is 6.20 Å². The molecule has 0 atom stereocenters. The fourth-order valence-corrected chi connectivity index (χ4v) is 1.65. The van der Waals surface area contributed by atoms with Crippen LogP contribution in [0.3, 0.4) is 0 Å². The molecule has 1 rings (SSSR count). The lowest BCUT2D eigenvalue weighted by Gasteiger charge is -2.21. The van der Waals surface area contributed by atoms with Crippen LogP contribution < -0.4 is 10.2 Å². The van der Waals surface area contributed by atoms with Crippen LogP contribution in [-0.4, -0.2) is 38.3 Å². The average molecular weight is 237 g/mol. The van der Waals surface area contributed by atoms with E-state index in [4.69, 9.17) is 4.74 Å². The zero-order chi connectivity index (χ0) is 12.5. The summed E-state index contributed by atoms with van der Waals surface area (Å²) < 4.78 is 5.11. The van der Waals surface area contributed by atoms with Crippen LogP contribution in [0.2, 0.25) is 0 Å². The third-order valence-corrected chi connectivity index (χ3v) is 2.66. The first-order valence-corrected chi connectivity index (χ1v) is 6.21. The molecule has 0 aliphatic heterocycles. The summed E-state index contributed by atoms with van der Waals surface area (Å²) >= 11 is 0. The molecule has 0 unspecified atom stereocenters. The number of rotatable bonds is 8. The van der Waals surface area contributed by atoms with Gasteiger partial charge in [0.25, 0.3) is 0 Å². The van der Waals surface area contributed by atoms with Crippen LogP contribution in [0, 0.1) is 0 Å². The van der Waals surface area contributed by atoms with Gasteiger partial charge in [-0.2, -0.15) is 0 Å². The van der Waals surface area contributed by atoms with E-state index in [-0.39, 0.29) is 0 Å². The van der Waals surface area contributed by atoms with Crippen molar-refractivity contribution in [2.45, 2.75) is 20.4 Å². The zero-order valence-electron chi connectivity index (χ0n) is 11.1. The first-order valence-electron chi connectivity index (χ1n) is 6.21. The van der Waals surface area contributed by atoms with E-state index in [0.717, 1.165) is 38.6 Å². The van der Waals surface area contributed by atoms with Crippen molar-refractivity contribution in [3.05, 3.63) is 23.9 Å². The van der Waals surface area contributed by atoms with E-state index < -0.39 is 0 Å². The van der Waals surface area contributed by atoms with E-state index in [1.54, 1.807) is 7.11 Å². The highest BCUT2D eigenvalue weighted by Crippen LogP contribution is 2.12. The molecule has 1 aromatic heterocycles. The fourth-order valence-electron chi connectivity index (χ4n) is 1.65. The Morgan fingerprint density at radius 2 is 2.24 bits per heavy atom. The van der Waals surface area contributed by atoms with Gasteiger partial charge in [-0.15, -0.1) is 0 Å². The van der Waals surface area contributed by atoms with Gasteiger partial charge in [-0.3, -0.25) is 0 Å². The first-order chi connectivity index (χ1) is 8.31. The molecule has 1 N–H and O–H groups in total. The van der Waals surface area contributed by atoms with Gasteiger partial charge in [-0.25, -0.2) is 4.98 Å². The summed E-state index contributed by atoms with van der Waals surface area (Å²) in [6, 6.07) is 4.19. The Morgan fingerprint density at radius 1 is 1.41 bits per heavy atom. The molecule has 17 heavy (non-hydrogen) atoms. The van der Waals surface area contributed by atoms with E-state index in [2.05, 4.69) is 41.2 Å². The zero-order valence-corrected chi connectivity index (χ0v) is 11.1. The Balaban J connectivity index is 2.66. The molecule has 0 aromatic carbocycles. The Kier molecular flexibility index (Phi) is 6.58. The molecule has 4 nitrogen and oxygen atoms in total. The molecule has 0 saturated carbocycles. The summed E-state index contributed by atoms with van der Waals surface area (Å²) in [6.07, 6.45) is 1.87. The lowest BCUT2D eigenvalue weighted by molar-refractivity contribution is 0.205. The van der Waals surface area contributed by atoms with Crippen molar-refractivity contribution in [1.29, 1.82) is 0 Å². The maximum atomic E-state index is 5.11. The second-order valence-electron chi connectivity index (χ2n) is 3.88. The monoisotopic (exact) mass is 237 g/mol. The lowest BCUT2D eigenvalue weighted by Crippen LogP contribution is -2.27. The number of ether oxygens (including phenoxy) is 1. The highest BCUT2D eigenvalue weighted by molar-refractivity contribution is 5.40. The van der Waals surface area contributed by atoms with Crippen molar-refractivity contribution in [2.24, 2.45) is 0 Å². The number of likely N-dealkylation sites (N-methyl/N-ethyl adjacent to an activating group) is 1. The Morgan fingerprint density at radius 3 is 2.88 bits per heavy atom. The number of hydrogen-bond acceptors (Lipinski definition) is 4. The summed E-state index contributed by atoms with van der Waals surface area (Å²) in [5.41, 5.74) is 1.27. The van der Waals surface area contributed by atoms with Gasteiger partial charge in [-0.1, -0.05) is 6.92 Å². The molecular weight excluding hydrogens is 214 g/mol. The van der Waals surface area contributed by atoms with Crippen molar-refractivity contribution in [2.75, 3.05) is 38.3 Å². The van der Waals surface area contributed by atoms with Crippen LogP contribution in [0.4, 0.5) is 5.82 Å². The van der Waals surface area contributed by atoms with Crippen molar-refractivity contribution in [3.63, 3.8) is 0 Å². The average Bonchev–Trinajstić information content (AvgIpc) is 2.38. The molecule has 0 radical (unpaired) electrons. The predicted octanol–water partition coefficient (Wildman–Crippen LogP) is 1.66. The molecule has 0 amide bonds. The number of aromatic nitrogens is 1. The van der Waals surface area contributed by atoms with Gasteiger partial charge in [0.05, 0.1) is 6.61 Å². The summed E-state index contributed by atoms with van der Waals surface area (Å²) in [5, 5.41) is 3.32. The summed E-state index contributed by atoms with van der Waals surface area (Å²) in [6.45, 7) is 8.68. The number of nitrogens with zero attached hydrogens (tertiary/aromatic N) is 2. The van der Waals surface area contributed by atoms with Gasteiger partial charge < -0.3 is 15.0 Å². The minimum atomic E-state index is 0.729.